The van der Waals surface area contributed by atoms with Crippen LogP contribution in [-0.2, 0) is 0 Å². The van der Waals surface area contributed by atoms with Gasteiger partial charge in [0.1, 0.15) is 0 Å². The fourth-order valence-electron chi connectivity index (χ4n) is 3.03. The zero-order valence-corrected chi connectivity index (χ0v) is 28.1. The standard InChI is InChI=1S/C13H11Br.C12H8Br2.C4F9I/c1-10-2-4-11(5-3-10)12-6-8-13(14)9-7-12;13-11-5-1-9(2-6-11)10-3-7-12(14)8-4-10;5-1(6,3(9,10)11)2(7,8)4(12,13)14/h2-9H,1H3;1-8H;. The number of halogens is 13. The van der Waals surface area contributed by atoms with Crippen molar-refractivity contribution < 1.29 is 39.5 Å². The van der Waals surface area contributed by atoms with Crippen LogP contribution in [0.25, 0.3) is 22.3 Å². The first kappa shape index (κ1) is 36.6. The van der Waals surface area contributed by atoms with Gasteiger partial charge in [0.25, 0.3) is 0 Å². The lowest BCUT2D eigenvalue weighted by atomic mass is 10.0. The summed E-state index contributed by atoms with van der Waals surface area (Å²) in [4.78, 5) is 0. The summed E-state index contributed by atoms with van der Waals surface area (Å²) in [6.07, 6.45) is -6.73. The molecule has 13 heteroatoms. The van der Waals surface area contributed by atoms with Gasteiger partial charge in [-0.25, -0.2) is 0 Å². The Kier molecular flexibility index (Phi) is 13.0. The molecule has 0 fully saturated rings. The predicted molar refractivity (Wildman–Crippen MR) is 167 cm³/mol. The lowest BCUT2D eigenvalue weighted by Gasteiger charge is -2.30. The Labute approximate surface area is 275 Å². The maximum absolute atomic E-state index is 12.0. The molecule has 0 unspecified atom stereocenters. The van der Waals surface area contributed by atoms with Gasteiger partial charge in [0.05, 0.1) is 0 Å². The first-order valence-electron chi connectivity index (χ1n) is 11.5. The Bertz CT molecular complexity index is 1200. The fraction of sp³-hybridized carbons (Fsp3) is 0.172. The van der Waals surface area contributed by atoms with E-state index in [0.29, 0.717) is 0 Å². The largest absolute Gasteiger partial charge is 0.460 e. The van der Waals surface area contributed by atoms with Gasteiger partial charge in [-0.2, -0.15) is 39.5 Å². The summed E-state index contributed by atoms with van der Waals surface area (Å²) in [7, 11) is 0. The molecule has 0 amide bonds. The van der Waals surface area contributed by atoms with Crippen LogP contribution in [0.1, 0.15) is 5.56 Å². The quantitative estimate of drug-likeness (QED) is 0.109. The van der Waals surface area contributed by atoms with Crippen LogP contribution in [0, 0.1) is 6.92 Å². The number of hydrogen-bond donors (Lipinski definition) is 0. The molecule has 0 aliphatic heterocycles. The van der Waals surface area contributed by atoms with E-state index in [4.69, 9.17) is 0 Å². The van der Waals surface area contributed by atoms with Gasteiger partial charge in [-0.1, -0.05) is 114 Å². The monoisotopic (exact) mass is 902 g/mol. The Hall–Kier alpha value is -1.58. The van der Waals surface area contributed by atoms with Crippen LogP contribution in [0.2, 0.25) is 0 Å². The van der Waals surface area contributed by atoms with E-state index in [1.807, 2.05) is 0 Å². The highest BCUT2D eigenvalue weighted by molar-refractivity contribution is 14.1. The Balaban J connectivity index is 0.000000220. The third-order valence-corrected chi connectivity index (χ3v) is 7.62. The van der Waals surface area contributed by atoms with Crippen molar-refractivity contribution in [3.05, 3.63) is 116 Å². The van der Waals surface area contributed by atoms with Gasteiger partial charge in [0, 0.05) is 36.0 Å². The van der Waals surface area contributed by atoms with Crippen molar-refractivity contribution >= 4 is 70.4 Å². The third kappa shape index (κ3) is 9.98. The lowest BCUT2D eigenvalue weighted by molar-refractivity contribution is -0.378. The average Bonchev–Trinajstić information content (AvgIpc) is 2.90. The molecule has 226 valence electrons. The number of benzene rings is 4. The smallest absolute Gasteiger partial charge is 0.191 e. The number of rotatable bonds is 4. The molecule has 0 aromatic heterocycles. The summed E-state index contributed by atoms with van der Waals surface area (Å²) in [5.41, 5.74) is 6.29. The van der Waals surface area contributed by atoms with Crippen LogP contribution >= 0.6 is 70.4 Å². The summed E-state index contributed by atoms with van der Waals surface area (Å²) >= 11 is 9.80. The molecule has 0 saturated heterocycles. The fourth-order valence-corrected chi connectivity index (χ4v) is 4.16. The van der Waals surface area contributed by atoms with Crippen LogP contribution in [0.4, 0.5) is 39.5 Å². The average molecular weight is 905 g/mol. The molecule has 4 aromatic rings. The molecule has 0 spiro atoms. The summed E-state index contributed by atoms with van der Waals surface area (Å²) in [5, 5.41) is 0. The third-order valence-electron chi connectivity index (χ3n) is 5.36. The van der Waals surface area contributed by atoms with Gasteiger partial charge in [-0.15, -0.1) is 0 Å². The van der Waals surface area contributed by atoms with Gasteiger partial charge >= 0.3 is 22.0 Å². The summed E-state index contributed by atoms with van der Waals surface area (Å²) in [6, 6.07) is 33.6. The maximum Gasteiger partial charge on any atom is 0.460 e. The molecular weight excluding hydrogens is 886 g/mol. The minimum Gasteiger partial charge on any atom is -0.191 e. The molecule has 0 atom stereocenters. The topological polar surface area (TPSA) is 0 Å². The molecule has 0 radical (unpaired) electrons. The second kappa shape index (κ2) is 14.9. The van der Waals surface area contributed by atoms with Crippen molar-refractivity contribution in [2.24, 2.45) is 0 Å². The van der Waals surface area contributed by atoms with Gasteiger partial charge in [-0.3, -0.25) is 0 Å². The highest BCUT2D eigenvalue weighted by Crippen LogP contribution is 2.55. The molecule has 0 bridgehead atoms. The van der Waals surface area contributed by atoms with Crippen LogP contribution in [0.3, 0.4) is 0 Å². The van der Waals surface area contributed by atoms with Crippen molar-refractivity contribution in [3.63, 3.8) is 0 Å². The first-order valence-corrected chi connectivity index (χ1v) is 14.9. The van der Waals surface area contributed by atoms with E-state index in [1.165, 1.54) is 27.8 Å². The Morgan fingerprint density at radius 3 is 0.857 bits per heavy atom. The van der Waals surface area contributed by atoms with Gasteiger partial charge < -0.3 is 0 Å². The number of hydrogen-bond acceptors (Lipinski definition) is 0. The van der Waals surface area contributed by atoms with Gasteiger partial charge in [0.15, 0.2) is 0 Å². The van der Waals surface area contributed by atoms with Crippen molar-refractivity contribution in [2.45, 2.75) is 28.9 Å². The first-order chi connectivity index (χ1) is 19.3. The van der Waals surface area contributed by atoms with E-state index in [1.54, 1.807) is 0 Å². The highest BCUT2D eigenvalue weighted by Gasteiger charge is 2.81. The SMILES string of the molecule is Brc1ccc(-c2ccc(Br)cc2)cc1.Cc1ccc(-c2ccc(Br)cc2)cc1.FC(F)(F)C(F)(F)C(F)(F)C(F)(F)I. The highest BCUT2D eigenvalue weighted by atomic mass is 127. The molecule has 0 N–H and O–H groups in total. The van der Waals surface area contributed by atoms with Crippen LogP contribution in [-0.4, -0.2) is 22.0 Å². The van der Waals surface area contributed by atoms with Crippen molar-refractivity contribution in [1.82, 2.24) is 0 Å². The summed E-state index contributed by atoms with van der Waals surface area (Å²) in [5.74, 6) is -13.3. The van der Waals surface area contributed by atoms with E-state index in [-0.39, 0.29) is 0 Å². The van der Waals surface area contributed by atoms with Crippen molar-refractivity contribution in [3.8, 4) is 22.3 Å². The Morgan fingerprint density at radius 2 is 0.667 bits per heavy atom. The molecule has 0 heterocycles. The molecule has 0 saturated carbocycles. The molecule has 42 heavy (non-hydrogen) atoms. The summed E-state index contributed by atoms with van der Waals surface area (Å²) < 4.78 is 103. The lowest BCUT2D eigenvalue weighted by Crippen LogP contribution is -2.58. The van der Waals surface area contributed by atoms with E-state index in [9.17, 15) is 39.5 Å². The molecule has 4 rings (SSSR count). The normalized spacial score (nSPS) is 12.0. The van der Waals surface area contributed by atoms with E-state index in [0.717, 1.165) is 13.4 Å². The second-order valence-corrected chi connectivity index (χ2v) is 12.6. The van der Waals surface area contributed by atoms with E-state index in [2.05, 4.69) is 152 Å². The minimum atomic E-state index is -6.77. The van der Waals surface area contributed by atoms with E-state index >= 15 is 0 Å². The van der Waals surface area contributed by atoms with Crippen LogP contribution in [0.5, 0.6) is 0 Å². The zero-order valence-electron chi connectivity index (χ0n) is 21.2. The molecule has 0 aliphatic carbocycles. The van der Waals surface area contributed by atoms with Crippen LogP contribution in [0.15, 0.2) is 110 Å². The number of alkyl halides is 10. The van der Waals surface area contributed by atoms with Crippen molar-refractivity contribution in [1.29, 1.82) is 0 Å². The second-order valence-electron chi connectivity index (χ2n) is 8.53. The molecule has 0 aliphatic rings. The predicted octanol–water partition coefficient (Wildman–Crippen LogP) is 13.2. The maximum atomic E-state index is 12.0. The molecule has 0 nitrogen and oxygen atoms in total. The Morgan fingerprint density at radius 1 is 0.429 bits per heavy atom. The zero-order chi connectivity index (χ0) is 31.9. The summed E-state index contributed by atoms with van der Waals surface area (Å²) in [6.45, 7) is 2.10. The molecule has 4 aromatic carbocycles. The minimum absolute atomic E-state index is 0.479. The van der Waals surface area contributed by atoms with E-state index < -0.39 is 44.5 Å². The van der Waals surface area contributed by atoms with Gasteiger partial charge in [-0.05, 0) is 65.6 Å². The molecular formula is C29H19Br3F9I. The number of aryl methyl sites for hydroxylation is 1. The van der Waals surface area contributed by atoms with Gasteiger partial charge in [0.2, 0.25) is 0 Å². The van der Waals surface area contributed by atoms with Crippen molar-refractivity contribution in [2.75, 3.05) is 0 Å². The van der Waals surface area contributed by atoms with Crippen LogP contribution < -0.4 is 0 Å².